The Morgan fingerprint density at radius 1 is 1.43 bits per heavy atom. The Morgan fingerprint density at radius 3 is 2.76 bits per heavy atom. The normalized spacial score (nSPS) is 21.9. The van der Waals surface area contributed by atoms with Crippen LogP contribution in [0, 0.1) is 0 Å². The number of sulfone groups is 1. The van der Waals surface area contributed by atoms with E-state index in [1.165, 1.54) is 0 Å². The van der Waals surface area contributed by atoms with E-state index in [0.29, 0.717) is 6.42 Å². The number of anilines is 1. The summed E-state index contributed by atoms with van der Waals surface area (Å²) in [5, 5.41) is 2.91. The SMILES string of the molecule is CSc1ccccc1NC(=O)C[NH+](C)[C@@H]1CCS(=O)(=O)C1. The van der Waals surface area contributed by atoms with E-state index in [2.05, 4.69) is 5.32 Å². The van der Waals surface area contributed by atoms with Crippen LogP contribution >= 0.6 is 11.8 Å². The van der Waals surface area contributed by atoms with E-state index in [9.17, 15) is 13.2 Å². The summed E-state index contributed by atoms with van der Waals surface area (Å²) in [6, 6.07) is 7.67. The van der Waals surface area contributed by atoms with Gasteiger partial charge in [0.05, 0.1) is 18.5 Å². The monoisotopic (exact) mass is 329 g/mol. The first-order valence-corrected chi connectivity index (χ1v) is 9.91. The molecule has 0 radical (unpaired) electrons. The van der Waals surface area contributed by atoms with Crippen molar-refractivity contribution in [3.63, 3.8) is 0 Å². The molecule has 1 fully saturated rings. The number of amides is 1. The Labute approximate surface area is 130 Å². The topological polar surface area (TPSA) is 67.7 Å². The second kappa shape index (κ2) is 6.81. The minimum Gasteiger partial charge on any atom is -0.326 e. The van der Waals surface area contributed by atoms with Gasteiger partial charge in [-0.2, -0.15) is 0 Å². The Hall–Kier alpha value is -1.05. The van der Waals surface area contributed by atoms with Gasteiger partial charge in [-0.3, -0.25) is 4.79 Å². The molecule has 0 saturated carbocycles. The second-order valence-corrected chi connectivity index (χ2v) is 8.45. The third-order valence-electron chi connectivity index (χ3n) is 3.75. The molecule has 1 aliphatic heterocycles. The molecule has 1 aromatic carbocycles. The van der Waals surface area contributed by atoms with Crippen LogP contribution < -0.4 is 10.2 Å². The molecule has 0 aromatic heterocycles. The van der Waals surface area contributed by atoms with Gasteiger partial charge in [0, 0.05) is 11.3 Å². The summed E-state index contributed by atoms with van der Waals surface area (Å²) in [5.41, 5.74) is 0.807. The average molecular weight is 329 g/mol. The number of hydrogen-bond acceptors (Lipinski definition) is 4. The first-order chi connectivity index (χ1) is 9.91. The van der Waals surface area contributed by atoms with Gasteiger partial charge in [-0.05, 0) is 18.4 Å². The molecule has 1 aromatic rings. The molecule has 1 aliphatic rings. The standard InChI is InChI=1S/C14H20N2O3S2/c1-16(11-7-8-21(18,19)10-11)9-14(17)15-12-5-3-4-6-13(12)20-2/h3-6,11H,7-10H2,1-2H3,(H,15,17)/p+1/t11-/m1/s1. The molecule has 7 heteroatoms. The lowest BCUT2D eigenvalue weighted by Crippen LogP contribution is -3.14. The van der Waals surface area contributed by atoms with Gasteiger partial charge in [-0.1, -0.05) is 12.1 Å². The zero-order chi connectivity index (χ0) is 15.5. The summed E-state index contributed by atoms with van der Waals surface area (Å²) in [4.78, 5) is 14.1. The maximum absolute atomic E-state index is 12.1. The third kappa shape index (κ3) is 4.46. The predicted molar refractivity (Wildman–Crippen MR) is 85.7 cm³/mol. The fourth-order valence-electron chi connectivity index (χ4n) is 2.52. The van der Waals surface area contributed by atoms with Gasteiger partial charge in [0.2, 0.25) is 0 Å². The average Bonchev–Trinajstić information content (AvgIpc) is 2.79. The Morgan fingerprint density at radius 2 is 2.14 bits per heavy atom. The first kappa shape index (κ1) is 16.3. The molecule has 1 amide bonds. The lowest BCUT2D eigenvalue weighted by atomic mass is 10.2. The molecule has 2 rings (SSSR count). The van der Waals surface area contributed by atoms with E-state index < -0.39 is 9.84 Å². The zero-order valence-corrected chi connectivity index (χ0v) is 13.9. The zero-order valence-electron chi connectivity index (χ0n) is 12.3. The lowest BCUT2D eigenvalue weighted by Gasteiger charge is -2.19. The molecular weight excluding hydrogens is 308 g/mol. The summed E-state index contributed by atoms with van der Waals surface area (Å²) in [6.07, 6.45) is 2.61. The number of thioether (sulfide) groups is 1. The summed E-state index contributed by atoms with van der Waals surface area (Å²) >= 11 is 1.58. The minimum atomic E-state index is -2.90. The van der Waals surface area contributed by atoms with E-state index in [1.807, 2.05) is 37.6 Å². The molecule has 2 atom stereocenters. The van der Waals surface area contributed by atoms with Crippen molar-refractivity contribution in [1.29, 1.82) is 0 Å². The van der Waals surface area contributed by atoms with Crippen molar-refractivity contribution >= 4 is 33.2 Å². The van der Waals surface area contributed by atoms with Gasteiger partial charge in [-0.15, -0.1) is 11.8 Å². The van der Waals surface area contributed by atoms with Crippen LogP contribution in [-0.4, -0.2) is 51.7 Å². The van der Waals surface area contributed by atoms with Crippen LogP contribution in [0.5, 0.6) is 0 Å². The number of hydrogen-bond donors (Lipinski definition) is 2. The van der Waals surface area contributed by atoms with Crippen LogP contribution in [0.15, 0.2) is 29.2 Å². The van der Waals surface area contributed by atoms with Crippen LogP contribution in [0.25, 0.3) is 0 Å². The van der Waals surface area contributed by atoms with E-state index in [1.54, 1.807) is 11.8 Å². The molecule has 1 unspecified atom stereocenters. The summed E-state index contributed by atoms with van der Waals surface area (Å²) in [7, 11) is -1.02. The molecule has 1 saturated heterocycles. The van der Waals surface area contributed by atoms with Gasteiger partial charge < -0.3 is 10.2 Å². The van der Waals surface area contributed by atoms with Crippen LogP contribution in [0.2, 0.25) is 0 Å². The molecule has 0 aliphatic carbocycles. The molecule has 0 spiro atoms. The van der Waals surface area contributed by atoms with E-state index in [4.69, 9.17) is 0 Å². The molecule has 0 bridgehead atoms. The summed E-state index contributed by atoms with van der Waals surface area (Å²) < 4.78 is 23.0. The lowest BCUT2D eigenvalue weighted by molar-refractivity contribution is -0.894. The number of nitrogens with one attached hydrogen (secondary N) is 2. The van der Waals surface area contributed by atoms with Crippen molar-refractivity contribution < 1.29 is 18.1 Å². The smallest absolute Gasteiger partial charge is 0.279 e. The number of carbonyl (C=O) groups excluding carboxylic acids is 1. The maximum atomic E-state index is 12.1. The third-order valence-corrected chi connectivity index (χ3v) is 6.31. The van der Waals surface area contributed by atoms with Crippen molar-refractivity contribution in [3.05, 3.63) is 24.3 Å². The number of carbonyl (C=O) groups is 1. The van der Waals surface area contributed by atoms with Gasteiger partial charge >= 0.3 is 0 Å². The predicted octanol–water partition coefficient (Wildman–Crippen LogP) is 0.0488. The summed E-state index contributed by atoms with van der Waals surface area (Å²) in [5.74, 6) is 0.345. The fraction of sp³-hybridized carbons (Fsp3) is 0.500. The van der Waals surface area contributed by atoms with Gasteiger partial charge in [0.25, 0.3) is 5.91 Å². The summed E-state index contributed by atoms with van der Waals surface area (Å²) in [6.45, 7) is 0.281. The van der Waals surface area contributed by atoms with Crippen LogP contribution in [-0.2, 0) is 14.6 Å². The van der Waals surface area contributed by atoms with Crippen molar-refractivity contribution in [2.75, 3.05) is 36.7 Å². The number of quaternary nitrogens is 1. The van der Waals surface area contributed by atoms with Crippen LogP contribution in [0.3, 0.4) is 0 Å². The van der Waals surface area contributed by atoms with Gasteiger partial charge in [0.15, 0.2) is 16.4 Å². The largest absolute Gasteiger partial charge is 0.326 e. The van der Waals surface area contributed by atoms with E-state index in [0.717, 1.165) is 15.5 Å². The maximum Gasteiger partial charge on any atom is 0.279 e. The van der Waals surface area contributed by atoms with Gasteiger partial charge in [-0.25, -0.2) is 8.42 Å². The number of benzene rings is 1. The quantitative estimate of drug-likeness (QED) is 0.749. The highest BCUT2D eigenvalue weighted by Gasteiger charge is 2.34. The number of para-hydroxylation sites is 1. The Kier molecular flexibility index (Phi) is 5.29. The Bertz CT molecular complexity index is 616. The van der Waals surface area contributed by atoms with Crippen LogP contribution in [0.1, 0.15) is 6.42 Å². The molecule has 21 heavy (non-hydrogen) atoms. The first-order valence-electron chi connectivity index (χ1n) is 6.87. The molecule has 1 heterocycles. The van der Waals surface area contributed by atoms with E-state index in [-0.39, 0.29) is 30.0 Å². The Balaban J connectivity index is 1.93. The second-order valence-electron chi connectivity index (χ2n) is 5.37. The molecule has 2 N–H and O–H groups in total. The van der Waals surface area contributed by atoms with Crippen molar-refractivity contribution in [3.8, 4) is 0 Å². The number of rotatable bonds is 5. The highest BCUT2D eigenvalue weighted by atomic mass is 32.2. The van der Waals surface area contributed by atoms with Crippen molar-refractivity contribution in [2.45, 2.75) is 17.4 Å². The van der Waals surface area contributed by atoms with Crippen molar-refractivity contribution in [2.24, 2.45) is 0 Å². The molecular formula is C14H21N2O3S2+. The van der Waals surface area contributed by atoms with Crippen molar-refractivity contribution in [1.82, 2.24) is 0 Å². The molecule has 116 valence electrons. The fourth-order valence-corrected chi connectivity index (χ4v) is 4.95. The van der Waals surface area contributed by atoms with E-state index >= 15 is 0 Å². The highest BCUT2D eigenvalue weighted by molar-refractivity contribution is 7.98. The van der Waals surface area contributed by atoms with Gasteiger partial charge in [0.1, 0.15) is 11.8 Å². The minimum absolute atomic E-state index is 0.0246. The molecule has 5 nitrogen and oxygen atoms in total. The number of likely N-dealkylation sites (N-methyl/N-ethyl adjacent to an activating group) is 1. The van der Waals surface area contributed by atoms with Crippen LogP contribution in [0.4, 0.5) is 5.69 Å². The highest BCUT2D eigenvalue weighted by Crippen LogP contribution is 2.24.